The molecular weight excluding hydrogens is 314 g/mol. The largest absolute Gasteiger partial charge is 0.357 e. The van der Waals surface area contributed by atoms with E-state index in [2.05, 4.69) is 35.0 Å². The van der Waals surface area contributed by atoms with Gasteiger partial charge in [-0.15, -0.1) is 0 Å². The van der Waals surface area contributed by atoms with E-state index in [1.165, 1.54) is 5.69 Å². The van der Waals surface area contributed by atoms with E-state index in [0.29, 0.717) is 11.5 Å². The smallest absolute Gasteiger partial charge is 0.257 e. The van der Waals surface area contributed by atoms with Gasteiger partial charge in [0.2, 0.25) is 0 Å². The Labute approximate surface area is 146 Å². The predicted octanol–water partition coefficient (Wildman–Crippen LogP) is 3.36. The molecule has 0 aromatic carbocycles. The summed E-state index contributed by atoms with van der Waals surface area (Å²) < 4.78 is 1.83. The van der Waals surface area contributed by atoms with E-state index in [-0.39, 0.29) is 11.9 Å². The van der Waals surface area contributed by atoms with Gasteiger partial charge in [0.25, 0.3) is 5.91 Å². The Hall–Kier alpha value is -2.63. The second-order valence-electron chi connectivity index (χ2n) is 7.05. The Morgan fingerprint density at radius 3 is 3.04 bits per heavy atom. The lowest BCUT2D eigenvalue weighted by Gasteiger charge is -2.32. The van der Waals surface area contributed by atoms with Crippen molar-refractivity contribution in [1.29, 1.82) is 0 Å². The molecule has 1 saturated heterocycles. The SMILES string of the molecule is CC(C)n1cc(C(=O)N2CCC[C@H](c3cc4ncccc4[nH]3)C2)cn1. The molecule has 6 nitrogen and oxygen atoms in total. The highest BCUT2D eigenvalue weighted by Crippen LogP contribution is 2.29. The van der Waals surface area contributed by atoms with E-state index in [0.717, 1.165) is 37.0 Å². The molecule has 0 spiro atoms. The Kier molecular flexibility index (Phi) is 4.03. The van der Waals surface area contributed by atoms with Crippen molar-refractivity contribution in [3.63, 3.8) is 0 Å². The van der Waals surface area contributed by atoms with Gasteiger partial charge in [-0.3, -0.25) is 14.5 Å². The van der Waals surface area contributed by atoms with Gasteiger partial charge in [-0.1, -0.05) is 0 Å². The topological polar surface area (TPSA) is 66.8 Å². The highest BCUT2D eigenvalue weighted by atomic mass is 16.2. The number of piperidine rings is 1. The maximum atomic E-state index is 12.8. The molecule has 1 amide bonds. The van der Waals surface area contributed by atoms with Crippen LogP contribution >= 0.6 is 0 Å². The predicted molar refractivity (Wildman–Crippen MR) is 96.6 cm³/mol. The van der Waals surface area contributed by atoms with Crippen LogP contribution in [0.2, 0.25) is 0 Å². The fraction of sp³-hybridized carbons (Fsp3) is 0.421. The van der Waals surface area contributed by atoms with Crippen molar-refractivity contribution in [3.8, 4) is 0 Å². The molecule has 0 unspecified atom stereocenters. The molecule has 1 aliphatic heterocycles. The molecule has 3 aromatic rings. The number of aromatic amines is 1. The van der Waals surface area contributed by atoms with Crippen molar-refractivity contribution >= 4 is 16.9 Å². The number of hydrogen-bond acceptors (Lipinski definition) is 3. The van der Waals surface area contributed by atoms with Gasteiger partial charge in [-0.2, -0.15) is 5.10 Å². The zero-order valence-corrected chi connectivity index (χ0v) is 14.6. The minimum atomic E-state index is 0.0748. The minimum Gasteiger partial charge on any atom is -0.357 e. The monoisotopic (exact) mass is 337 g/mol. The molecule has 6 heteroatoms. The van der Waals surface area contributed by atoms with Crippen LogP contribution in [0, 0.1) is 0 Å². The summed E-state index contributed by atoms with van der Waals surface area (Å²) >= 11 is 0. The molecule has 1 N–H and O–H groups in total. The number of pyridine rings is 1. The molecule has 0 bridgehead atoms. The van der Waals surface area contributed by atoms with Crippen LogP contribution < -0.4 is 0 Å². The van der Waals surface area contributed by atoms with Gasteiger partial charge < -0.3 is 9.88 Å². The van der Waals surface area contributed by atoms with E-state index in [1.807, 2.05) is 34.1 Å². The first kappa shape index (κ1) is 15.9. The third-order valence-electron chi connectivity index (χ3n) is 4.94. The molecular formula is C19H23N5O. The maximum absolute atomic E-state index is 12.8. The molecule has 4 rings (SSSR count). The van der Waals surface area contributed by atoms with Crippen LogP contribution in [-0.4, -0.2) is 43.6 Å². The zero-order chi connectivity index (χ0) is 17.4. The Bertz CT molecular complexity index is 861. The van der Waals surface area contributed by atoms with Crippen molar-refractivity contribution in [2.45, 2.75) is 38.6 Å². The number of carbonyl (C=O) groups excluding carboxylic acids is 1. The molecule has 4 heterocycles. The van der Waals surface area contributed by atoms with Gasteiger partial charge in [0.15, 0.2) is 0 Å². The average Bonchev–Trinajstić information content (AvgIpc) is 3.28. The Morgan fingerprint density at radius 1 is 1.40 bits per heavy atom. The van der Waals surface area contributed by atoms with Gasteiger partial charge in [0.05, 0.1) is 22.8 Å². The number of carbonyl (C=O) groups is 1. The van der Waals surface area contributed by atoms with Crippen molar-refractivity contribution in [2.24, 2.45) is 0 Å². The standard InChI is InChI=1S/C19H23N5O/c1-13(2)24-12-15(10-21-24)19(25)23-8-4-5-14(11-23)17-9-18-16(22-17)6-3-7-20-18/h3,6-7,9-10,12-14,22H,4-5,8,11H2,1-2H3/t14-/m0/s1. The molecule has 3 aromatic heterocycles. The van der Waals surface area contributed by atoms with Crippen LogP contribution in [-0.2, 0) is 0 Å². The Balaban J connectivity index is 1.52. The Morgan fingerprint density at radius 2 is 2.28 bits per heavy atom. The van der Waals surface area contributed by atoms with Crippen molar-refractivity contribution in [2.75, 3.05) is 13.1 Å². The van der Waals surface area contributed by atoms with Crippen LogP contribution in [0.5, 0.6) is 0 Å². The molecule has 0 saturated carbocycles. The van der Waals surface area contributed by atoms with E-state index >= 15 is 0 Å². The molecule has 1 atom stereocenters. The molecule has 130 valence electrons. The minimum absolute atomic E-state index is 0.0748. The number of hydrogen-bond donors (Lipinski definition) is 1. The average molecular weight is 337 g/mol. The lowest BCUT2D eigenvalue weighted by Crippen LogP contribution is -2.39. The van der Waals surface area contributed by atoms with Crippen LogP contribution in [0.1, 0.15) is 54.7 Å². The first-order valence-electron chi connectivity index (χ1n) is 8.89. The lowest BCUT2D eigenvalue weighted by molar-refractivity contribution is 0.0706. The summed E-state index contributed by atoms with van der Waals surface area (Å²) in [7, 11) is 0. The molecule has 1 aliphatic rings. The van der Waals surface area contributed by atoms with E-state index < -0.39 is 0 Å². The van der Waals surface area contributed by atoms with Gasteiger partial charge in [-0.25, -0.2) is 0 Å². The highest BCUT2D eigenvalue weighted by Gasteiger charge is 2.27. The van der Waals surface area contributed by atoms with E-state index in [4.69, 9.17) is 0 Å². The molecule has 1 fully saturated rings. The second-order valence-corrected chi connectivity index (χ2v) is 7.05. The van der Waals surface area contributed by atoms with Crippen molar-refractivity contribution < 1.29 is 4.79 Å². The second kappa shape index (κ2) is 6.35. The lowest BCUT2D eigenvalue weighted by atomic mass is 9.94. The number of rotatable bonds is 3. The normalized spacial score (nSPS) is 18.2. The summed E-state index contributed by atoms with van der Waals surface area (Å²) in [5, 5.41) is 4.29. The maximum Gasteiger partial charge on any atom is 0.257 e. The van der Waals surface area contributed by atoms with Crippen molar-refractivity contribution in [1.82, 2.24) is 24.6 Å². The first-order valence-corrected chi connectivity index (χ1v) is 8.89. The number of H-pyrrole nitrogens is 1. The number of amides is 1. The summed E-state index contributed by atoms with van der Waals surface area (Å²) in [6.07, 6.45) is 7.44. The molecule has 0 aliphatic carbocycles. The third kappa shape index (κ3) is 3.04. The number of nitrogens with one attached hydrogen (secondary N) is 1. The molecule has 25 heavy (non-hydrogen) atoms. The fourth-order valence-corrected chi connectivity index (χ4v) is 3.53. The first-order chi connectivity index (χ1) is 12.1. The van der Waals surface area contributed by atoms with E-state index in [9.17, 15) is 4.79 Å². The van der Waals surface area contributed by atoms with Crippen LogP contribution in [0.4, 0.5) is 0 Å². The number of fused-ring (bicyclic) bond motifs is 1. The zero-order valence-electron chi connectivity index (χ0n) is 14.6. The quantitative estimate of drug-likeness (QED) is 0.797. The highest BCUT2D eigenvalue weighted by molar-refractivity contribution is 5.93. The summed E-state index contributed by atoms with van der Waals surface area (Å²) in [4.78, 5) is 22.6. The summed E-state index contributed by atoms with van der Waals surface area (Å²) in [6, 6.07) is 6.35. The summed E-state index contributed by atoms with van der Waals surface area (Å²) in [6.45, 7) is 5.66. The fourth-order valence-electron chi connectivity index (χ4n) is 3.53. The summed E-state index contributed by atoms with van der Waals surface area (Å²) in [5.74, 6) is 0.401. The van der Waals surface area contributed by atoms with Crippen LogP contribution in [0.25, 0.3) is 11.0 Å². The van der Waals surface area contributed by atoms with Gasteiger partial charge in [0, 0.05) is 43.1 Å². The van der Waals surface area contributed by atoms with Gasteiger partial charge in [0.1, 0.15) is 0 Å². The van der Waals surface area contributed by atoms with Crippen LogP contribution in [0.3, 0.4) is 0 Å². The summed E-state index contributed by atoms with van der Waals surface area (Å²) in [5.41, 5.74) is 3.88. The van der Waals surface area contributed by atoms with Gasteiger partial charge >= 0.3 is 0 Å². The molecule has 0 radical (unpaired) electrons. The van der Waals surface area contributed by atoms with E-state index in [1.54, 1.807) is 6.20 Å². The van der Waals surface area contributed by atoms with Crippen molar-refractivity contribution in [3.05, 3.63) is 48.0 Å². The number of likely N-dealkylation sites (tertiary alicyclic amines) is 1. The van der Waals surface area contributed by atoms with Crippen LogP contribution in [0.15, 0.2) is 36.8 Å². The number of nitrogens with zero attached hydrogens (tertiary/aromatic N) is 4. The number of aromatic nitrogens is 4. The van der Waals surface area contributed by atoms with Gasteiger partial charge in [-0.05, 0) is 44.9 Å². The third-order valence-corrected chi connectivity index (χ3v) is 4.94.